The molecule has 0 atom stereocenters. The monoisotopic (exact) mass is 356 g/mol. The van der Waals surface area contributed by atoms with Crippen molar-refractivity contribution < 1.29 is 31.5 Å². The van der Waals surface area contributed by atoms with Crippen molar-refractivity contribution in [2.45, 2.75) is 51.2 Å². The Labute approximate surface area is 133 Å². The van der Waals surface area contributed by atoms with Gasteiger partial charge in [-0.05, 0) is 23.5 Å². The van der Waals surface area contributed by atoms with Gasteiger partial charge in [0.05, 0.1) is 6.61 Å². The third-order valence-electron chi connectivity index (χ3n) is 4.14. The minimum atomic E-state index is -2.58. The molecule has 1 rings (SSSR count). The molecule has 1 N–H and O–H groups in total. The normalized spacial score (nSPS) is 12.3. The van der Waals surface area contributed by atoms with E-state index in [1.807, 2.05) is 27.7 Å². The molecule has 0 bridgehead atoms. The Bertz CT molecular complexity index is 526. The zero-order valence-corrected chi connectivity index (χ0v) is 14.5. The summed E-state index contributed by atoms with van der Waals surface area (Å²) < 4.78 is 70.6. The quantitative estimate of drug-likeness (QED) is 0.247. The summed E-state index contributed by atoms with van der Waals surface area (Å²) in [6, 6.07) is 0.414. The van der Waals surface area contributed by atoms with Crippen molar-refractivity contribution >= 4 is 8.32 Å². The number of halogens is 5. The van der Waals surface area contributed by atoms with Gasteiger partial charge in [0.25, 0.3) is 0 Å². The van der Waals surface area contributed by atoms with Gasteiger partial charge >= 0.3 is 0 Å². The lowest BCUT2D eigenvalue weighted by atomic mass is 10.2. The van der Waals surface area contributed by atoms with Crippen molar-refractivity contribution in [1.29, 1.82) is 0 Å². The minimum absolute atomic E-state index is 0.0803. The van der Waals surface area contributed by atoms with Gasteiger partial charge in [0, 0.05) is 0 Å². The van der Waals surface area contributed by atoms with Crippen LogP contribution in [0.25, 0.3) is 0 Å². The molecule has 0 saturated heterocycles. The van der Waals surface area contributed by atoms with Gasteiger partial charge in [0.15, 0.2) is 14.1 Å². The van der Waals surface area contributed by atoms with Crippen LogP contribution in [0, 0.1) is 29.1 Å². The summed E-state index contributed by atoms with van der Waals surface area (Å²) in [5.74, 6) is -11.5. The van der Waals surface area contributed by atoms with Crippen LogP contribution in [0.5, 0.6) is 5.75 Å². The first kappa shape index (κ1) is 19.9. The molecule has 0 aliphatic rings. The Morgan fingerprint density at radius 2 is 1.22 bits per heavy atom. The highest BCUT2D eigenvalue weighted by Crippen LogP contribution is 2.34. The predicted octanol–water partition coefficient (Wildman–Crippen LogP) is 4.91. The zero-order chi connectivity index (χ0) is 17.9. The van der Waals surface area contributed by atoms with Crippen molar-refractivity contribution in [3.8, 4) is 5.75 Å². The maximum absolute atomic E-state index is 13.4. The molecule has 0 heterocycles. The van der Waals surface area contributed by atoms with Gasteiger partial charge in [-0.2, -0.15) is 8.78 Å². The van der Waals surface area contributed by atoms with E-state index < -0.39 is 43.2 Å². The highest BCUT2D eigenvalue weighted by Gasteiger charge is 2.37. The number of hydrogen-bond acceptors (Lipinski definition) is 2. The second kappa shape index (κ2) is 7.61. The van der Waals surface area contributed by atoms with Crippen LogP contribution in [0.15, 0.2) is 0 Å². The van der Waals surface area contributed by atoms with Crippen LogP contribution in [0.3, 0.4) is 0 Å². The molecule has 0 aromatic heterocycles. The Kier molecular flexibility index (Phi) is 6.58. The first-order valence-electron chi connectivity index (χ1n) is 7.40. The second-order valence-electron chi connectivity index (χ2n) is 6.15. The third-order valence-corrected chi connectivity index (χ3v) is 9.29. The fourth-order valence-corrected chi connectivity index (χ4v) is 5.68. The maximum Gasteiger partial charge on any atom is 0.206 e. The summed E-state index contributed by atoms with van der Waals surface area (Å²) in [6.45, 7) is 7.36. The van der Waals surface area contributed by atoms with Gasteiger partial charge in [-0.3, -0.25) is 0 Å². The summed E-state index contributed by atoms with van der Waals surface area (Å²) in [5.41, 5.74) is 0.161. The Morgan fingerprint density at radius 3 is 1.61 bits per heavy atom. The number of ether oxygens (including phenoxy) is 1. The molecule has 0 aliphatic heterocycles. The van der Waals surface area contributed by atoms with Gasteiger partial charge in [-0.25, -0.2) is 13.2 Å². The molecule has 0 fully saturated rings. The smallest absolute Gasteiger partial charge is 0.206 e. The minimum Gasteiger partial charge on any atom is -0.487 e. The Morgan fingerprint density at radius 1 is 0.826 bits per heavy atom. The lowest BCUT2D eigenvalue weighted by Gasteiger charge is -2.33. The molecule has 0 spiro atoms. The van der Waals surface area contributed by atoms with Crippen molar-refractivity contribution in [2.75, 3.05) is 6.61 Å². The SMILES string of the molecule is CC(C)[Si](O)(CCCOc1c(F)c(F)c(F)c(F)c1F)C(C)C. The van der Waals surface area contributed by atoms with Crippen molar-refractivity contribution in [3.63, 3.8) is 0 Å². The molecular weight excluding hydrogens is 335 g/mol. The van der Waals surface area contributed by atoms with Gasteiger partial charge in [0.2, 0.25) is 29.1 Å². The van der Waals surface area contributed by atoms with Crippen LogP contribution in [0.2, 0.25) is 17.1 Å². The van der Waals surface area contributed by atoms with E-state index in [2.05, 4.69) is 0 Å². The molecule has 0 saturated carbocycles. The molecule has 0 radical (unpaired) electrons. The Balaban J connectivity index is 2.78. The summed E-state index contributed by atoms with van der Waals surface area (Å²) >= 11 is 0. The highest BCUT2D eigenvalue weighted by molar-refractivity contribution is 6.75. The number of rotatable bonds is 7. The lowest BCUT2D eigenvalue weighted by Crippen LogP contribution is -2.41. The first-order valence-corrected chi connectivity index (χ1v) is 9.71. The van der Waals surface area contributed by atoms with Gasteiger partial charge in [-0.15, -0.1) is 0 Å². The van der Waals surface area contributed by atoms with Gasteiger partial charge in [0.1, 0.15) is 0 Å². The van der Waals surface area contributed by atoms with E-state index >= 15 is 0 Å². The summed E-state index contributed by atoms with van der Waals surface area (Å²) in [5, 5.41) is 0. The summed E-state index contributed by atoms with van der Waals surface area (Å²) in [7, 11) is -2.58. The van der Waals surface area contributed by atoms with Crippen LogP contribution in [-0.2, 0) is 0 Å². The summed E-state index contributed by atoms with van der Waals surface area (Å²) in [4.78, 5) is 10.7. The highest BCUT2D eigenvalue weighted by atomic mass is 28.4. The molecule has 132 valence electrons. The molecule has 8 heteroatoms. The van der Waals surface area contributed by atoms with Crippen LogP contribution in [0.4, 0.5) is 22.0 Å². The fraction of sp³-hybridized carbons (Fsp3) is 0.600. The van der Waals surface area contributed by atoms with Gasteiger partial charge in [-0.1, -0.05) is 27.7 Å². The van der Waals surface area contributed by atoms with E-state index in [1.165, 1.54) is 0 Å². The molecule has 2 nitrogen and oxygen atoms in total. The Hall–Kier alpha value is -1.15. The molecule has 0 amide bonds. The standard InChI is InChI=1S/C15H21F5O2Si/c1-8(2)23(21,9(3)4)7-5-6-22-15-13(19)11(17)10(16)12(18)14(15)20/h8-9,21H,5-7H2,1-4H3. The zero-order valence-electron chi connectivity index (χ0n) is 13.5. The van der Waals surface area contributed by atoms with E-state index in [9.17, 15) is 26.7 Å². The number of benzene rings is 1. The fourth-order valence-electron chi connectivity index (χ4n) is 2.49. The van der Waals surface area contributed by atoms with E-state index in [-0.39, 0.29) is 24.1 Å². The molecule has 1 aromatic rings. The molecule has 1 aromatic carbocycles. The van der Waals surface area contributed by atoms with E-state index in [0.29, 0.717) is 6.04 Å². The van der Waals surface area contributed by atoms with Crippen LogP contribution in [0.1, 0.15) is 34.1 Å². The van der Waals surface area contributed by atoms with Crippen LogP contribution < -0.4 is 4.74 Å². The van der Waals surface area contributed by atoms with Crippen molar-refractivity contribution in [2.24, 2.45) is 0 Å². The number of hydrogen-bond donors (Lipinski definition) is 1. The van der Waals surface area contributed by atoms with Crippen molar-refractivity contribution in [3.05, 3.63) is 29.1 Å². The average molecular weight is 356 g/mol. The second-order valence-corrected chi connectivity index (χ2v) is 10.9. The average Bonchev–Trinajstić information content (AvgIpc) is 2.49. The van der Waals surface area contributed by atoms with E-state index in [4.69, 9.17) is 4.74 Å². The van der Waals surface area contributed by atoms with Crippen LogP contribution >= 0.6 is 0 Å². The van der Waals surface area contributed by atoms with E-state index in [1.54, 1.807) is 0 Å². The third kappa shape index (κ3) is 4.03. The topological polar surface area (TPSA) is 29.5 Å². The van der Waals surface area contributed by atoms with Crippen molar-refractivity contribution in [1.82, 2.24) is 0 Å². The largest absolute Gasteiger partial charge is 0.487 e. The molecule has 0 unspecified atom stereocenters. The predicted molar refractivity (Wildman–Crippen MR) is 79.3 cm³/mol. The van der Waals surface area contributed by atoms with Crippen LogP contribution in [-0.4, -0.2) is 19.7 Å². The maximum atomic E-state index is 13.4. The summed E-state index contributed by atoms with van der Waals surface area (Å²) in [6.07, 6.45) is 0.262. The lowest BCUT2D eigenvalue weighted by molar-refractivity contribution is 0.260. The molecular formula is C15H21F5O2Si. The van der Waals surface area contributed by atoms with Gasteiger partial charge < -0.3 is 9.53 Å². The first-order chi connectivity index (χ1) is 10.5. The van der Waals surface area contributed by atoms with E-state index in [0.717, 1.165) is 0 Å². The molecule has 23 heavy (non-hydrogen) atoms. The molecule has 0 aliphatic carbocycles.